The van der Waals surface area contributed by atoms with E-state index in [-0.39, 0.29) is 0 Å². The van der Waals surface area contributed by atoms with Crippen molar-refractivity contribution in [3.63, 3.8) is 0 Å². The van der Waals surface area contributed by atoms with Gasteiger partial charge < -0.3 is 4.57 Å². The highest BCUT2D eigenvalue weighted by molar-refractivity contribution is 6.31. The summed E-state index contributed by atoms with van der Waals surface area (Å²) in [6.07, 6.45) is 1.75. The smallest absolute Gasteiger partial charge is 0.145 e. The molecule has 0 fully saturated rings. The van der Waals surface area contributed by atoms with Gasteiger partial charge in [-0.25, -0.2) is 9.97 Å². The molecule has 0 aliphatic rings. The summed E-state index contributed by atoms with van der Waals surface area (Å²) in [6, 6.07) is 7.63. The van der Waals surface area contributed by atoms with Crippen LogP contribution in [0.2, 0.25) is 5.15 Å². The Morgan fingerprint density at radius 2 is 2.06 bits per heavy atom. The number of hydrogen-bond donors (Lipinski definition) is 0. The third-order valence-corrected chi connectivity index (χ3v) is 3.21. The highest BCUT2D eigenvalue weighted by Crippen LogP contribution is 2.28. The number of rotatable bonds is 1. The van der Waals surface area contributed by atoms with Crippen LogP contribution in [0.3, 0.4) is 0 Å². The van der Waals surface area contributed by atoms with Crippen molar-refractivity contribution in [3.05, 3.63) is 41.4 Å². The molecule has 0 aliphatic heterocycles. The topological polar surface area (TPSA) is 43.6 Å². The van der Waals surface area contributed by atoms with Crippen LogP contribution < -0.4 is 0 Å². The van der Waals surface area contributed by atoms with Gasteiger partial charge in [0.05, 0.1) is 5.69 Å². The minimum absolute atomic E-state index is 0.641. The van der Waals surface area contributed by atoms with E-state index in [4.69, 9.17) is 11.6 Å². The highest BCUT2D eigenvalue weighted by Gasteiger charge is 2.13. The van der Waals surface area contributed by atoms with Gasteiger partial charge in [0.15, 0.2) is 0 Å². The Labute approximate surface area is 109 Å². The number of pyridine rings is 1. The van der Waals surface area contributed by atoms with Gasteiger partial charge in [-0.3, -0.25) is 4.98 Å². The maximum absolute atomic E-state index is 6.14. The molecule has 0 saturated carbocycles. The molecule has 5 heteroatoms. The molecule has 90 valence electrons. The summed E-state index contributed by atoms with van der Waals surface area (Å²) < 4.78 is 1.85. The van der Waals surface area contributed by atoms with Gasteiger partial charge in [0, 0.05) is 18.6 Å². The molecule has 0 amide bonds. The highest BCUT2D eigenvalue weighted by atomic mass is 35.5. The van der Waals surface area contributed by atoms with Crippen LogP contribution in [0.25, 0.3) is 22.4 Å². The van der Waals surface area contributed by atoms with Crippen LogP contribution in [0.15, 0.2) is 30.5 Å². The van der Waals surface area contributed by atoms with Gasteiger partial charge in [-0.1, -0.05) is 17.7 Å². The molecule has 0 aromatic carbocycles. The minimum Gasteiger partial charge on any atom is -0.319 e. The van der Waals surface area contributed by atoms with Crippen LogP contribution in [0.1, 0.15) is 5.82 Å². The van der Waals surface area contributed by atoms with Gasteiger partial charge in [0.1, 0.15) is 22.3 Å². The average Bonchev–Trinajstić information content (AvgIpc) is 2.66. The van der Waals surface area contributed by atoms with Crippen molar-refractivity contribution in [1.29, 1.82) is 0 Å². The van der Waals surface area contributed by atoms with Crippen LogP contribution in [0, 0.1) is 6.92 Å². The molecule has 18 heavy (non-hydrogen) atoms. The number of hydrogen-bond acceptors (Lipinski definition) is 3. The van der Waals surface area contributed by atoms with Crippen molar-refractivity contribution in [2.75, 3.05) is 0 Å². The average molecular weight is 259 g/mol. The summed E-state index contributed by atoms with van der Waals surface area (Å²) in [6.45, 7) is 1.87. The fraction of sp³-hybridized carbons (Fsp3) is 0.154. The predicted molar refractivity (Wildman–Crippen MR) is 71.5 cm³/mol. The monoisotopic (exact) mass is 258 g/mol. The number of nitrogens with zero attached hydrogens (tertiary/aromatic N) is 4. The molecule has 0 atom stereocenters. The van der Waals surface area contributed by atoms with E-state index in [1.165, 1.54) is 0 Å². The van der Waals surface area contributed by atoms with Crippen molar-refractivity contribution in [2.45, 2.75) is 6.92 Å². The molecule has 3 aromatic heterocycles. The summed E-state index contributed by atoms with van der Waals surface area (Å²) in [5.74, 6) is 0.709. The zero-order valence-corrected chi connectivity index (χ0v) is 10.8. The molecule has 0 saturated heterocycles. The fourth-order valence-electron chi connectivity index (χ4n) is 1.97. The SMILES string of the molecule is Cc1nc(-c2ccccn2)c2cc(Cl)n(C)c2n1. The van der Waals surface area contributed by atoms with E-state index in [0.29, 0.717) is 11.0 Å². The van der Waals surface area contributed by atoms with E-state index in [1.54, 1.807) is 6.20 Å². The molecule has 0 N–H and O–H groups in total. The lowest BCUT2D eigenvalue weighted by molar-refractivity contribution is 0.933. The summed E-state index contributed by atoms with van der Waals surface area (Å²) >= 11 is 6.14. The van der Waals surface area contributed by atoms with E-state index >= 15 is 0 Å². The second-order valence-electron chi connectivity index (χ2n) is 4.10. The second kappa shape index (κ2) is 4.07. The first-order valence-electron chi connectivity index (χ1n) is 5.58. The van der Waals surface area contributed by atoms with Gasteiger partial charge in [-0.2, -0.15) is 0 Å². The van der Waals surface area contributed by atoms with E-state index in [2.05, 4.69) is 15.0 Å². The summed E-state index contributed by atoms with van der Waals surface area (Å²) in [7, 11) is 1.89. The quantitative estimate of drug-likeness (QED) is 0.674. The molecular weight excluding hydrogens is 248 g/mol. The molecule has 3 heterocycles. The fourth-order valence-corrected chi connectivity index (χ4v) is 2.16. The standard InChI is InChI=1S/C13H11ClN4/c1-8-16-12(10-5-3-4-6-15-10)9-7-11(14)18(2)13(9)17-8/h3-7H,1-2H3. The molecule has 0 aliphatic carbocycles. The van der Waals surface area contributed by atoms with Crippen LogP contribution >= 0.6 is 11.6 Å². The molecule has 0 bridgehead atoms. The van der Waals surface area contributed by atoms with Crippen LogP contribution in [-0.4, -0.2) is 19.5 Å². The second-order valence-corrected chi connectivity index (χ2v) is 4.49. The van der Waals surface area contributed by atoms with Crippen LogP contribution in [0.5, 0.6) is 0 Å². The first-order valence-corrected chi connectivity index (χ1v) is 5.95. The third kappa shape index (κ3) is 1.66. The zero-order chi connectivity index (χ0) is 12.7. The summed E-state index contributed by atoms with van der Waals surface area (Å²) in [5, 5.41) is 1.56. The van der Waals surface area contributed by atoms with Crippen molar-refractivity contribution in [2.24, 2.45) is 7.05 Å². The Kier molecular flexibility index (Phi) is 2.52. The number of aryl methyl sites for hydroxylation is 2. The van der Waals surface area contributed by atoms with Gasteiger partial charge in [-0.05, 0) is 25.1 Å². The van der Waals surface area contributed by atoms with Crippen molar-refractivity contribution >= 4 is 22.6 Å². The zero-order valence-electron chi connectivity index (χ0n) is 10.1. The van der Waals surface area contributed by atoms with Crippen molar-refractivity contribution < 1.29 is 0 Å². The minimum atomic E-state index is 0.641. The Morgan fingerprint density at radius 1 is 1.22 bits per heavy atom. The number of aromatic nitrogens is 4. The molecule has 3 aromatic rings. The summed E-state index contributed by atoms with van der Waals surface area (Å²) in [5.41, 5.74) is 2.48. The van der Waals surface area contributed by atoms with Crippen molar-refractivity contribution in [1.82, 2.24) is 19.5 Å². The molecular formula is C13H11ClN4. The van der Waals surface area contributed by atoms with Gasteiger partial charge in [-0.15, -0.1) is 0 Å². The predicted octanol–water partition coefficient (Wildman–Crippen LogP) is 2.99. The van der Waals surface area contributed by atoms with Gasteiger partial charge in [0.25, 0.3) is 0 Å². The lowest BCUT2D eigenvalue weighted by Gasteiger charge is -2.04. The first-order chi connectivity index (χ1) is 8.66. The summed E-state index contributed by atoms with van der Waals surface area (Å²) in [4.78, 5) is 13.2. The lowest BCUT2D eigenvalue weighted by Crippen LogP contribution is -1.97. The molecule has 3 rings (SSSR count). The maximum atomic E-state index is 6.14. The van der Waals surface area contributed by atoms with Crippen LogP contribution in [0.4, 0.5) is 0 Å². The Balaban J connectivity index is 2.39. The molecule has 0 radical (unpaired) electrons. The molecule has 0 spiro atoms. The van der Waals surface area contributed by atoms with Crippen molar-refractivity contribution in [3.8, 4) is 11.4 Å². The van der Waals surface area contributed by atoms with Gasteiger partial charge >= 0.3 is 0 Å². The van der Waals surface area contributed by atoms with E-state index < -0.39 is 0 Å². The number of halogens is 1. The largest absolute Gasteiger partial charge is 0.319 e. The normalized spacial score (nSPS) is 11.1. The Hall–Kier alpha value is -1.94. The molecule has 0 unspecified atom stereocenters. The Morgan fingerprint density at radius 3 is 2.78 bits per heavy atom. The number of fused-ring (bicyclic) bond motifs is 1. The van der Waals surface area contributed by atoms with E-state index in [0.717, 1.165) is 22.4 Å². The maximum Gasteiger partial charge on any atom is 0.145 e. The van der Waals surface area contributed by atoms with E-state index in [1.807, 2.05) is 42.8 Å². The van der Waals surface area contributed by atoms with Crippen LogP contribution in [-0.2, 0) is 7.05 Å². The molecule has 4 nitrogen and oxygen atoms in total. The van der Waals surface area contributed by atoms with Gasteiger partial charge in [0.2, 0.25) is 0 Å². The third-order valence-electron chi connectivity index (χ3n) is 2.85. The Bertz CT molecular complexity index is 719. The lowest BCUT2D eigenvalue weighted by atomic mass is 10.2. The van der Waals surface area contributed by atoms with E-state index in [9.17, 15) is 0 Å². The first kappa shape index (κ1) is 11.2.